The largest absolute Gasteiger partial charge is 0.480 e. The van der Waals surface area contributed by atoms with E-state index < -0.39 is 29.3 Å². The lowest BCUT2D eigenvalue weighted by molar-refractivity contribution is -0.116. The van der Waals surface area contributed by atoms with Crippen molar-refractivity contribution < 1.29 is 19.1 Å². The third-order valence-corrected chi connectivity index (χ3v) is 9.49. The van der Waals surface area contributed by atoms with Gasteiger partial charge in [0.2, 0.25) is 11.8 Å². The van der Waals surface area contributed by atoms with Crippen LogP contribution in [0.1, 0.15) is 43.3 Å². The fourth-order valence-corrected chi connectivity index (χ4v) is 7.72. The third kappa shape index (κ3) is 3.26. The minimum absolute atomic E-state index is 0.0787. The van der Waals surface area contributed by atoms with E-state index in [1.807, 2.05) is 86.6 Å². The van der Waals surface area contributed by atoms with Crippen molar-refractivity contribution >= 4 is 34.5 Å². The predicted molar refractivity (Wildman–Crippen MR) is 159 cm³/mol. The lowest BCUT2D eigenvalue weighted by Crippen LogP contribution is -2.68. The lowest BCUT2D eigenvalue weighted by Gasteiger charge is -2.56. The number of ether oxygens (including phenoxy) is 2. The number of amides is 2. The summed E-state index contributed by atoms with van der Waals surface area (Å²) in [5.74, 6) is 0.749. The van der Waals surface area contributed by atoms with Crippen molar-refractivity contribution in [1.82, 2.24) is 14.5 Å². The Morgan fingerprint density at radius 2 is 1.74 bits per heavy atom. The van der Waals surface area contributed by atoms with Gasteiger partial charge in [-0.25, -0.2) is 14.8 Å². The van der Waals surface area contributed by atoms with Crippen LogP contribution >= 0.6 is 0 Å². The Hall–Kier alpha value is -4.99. The van der Waals surface area contributed by atoms with Gasteiger partial charge in [0.05, 0.1) is 22.9 Å². The summed E-state index contributed by atoms with van der Waals surface area (Å²) in [7, 11) is 0. The summed E-state index contributed by atoms with van der Waals surface area (Å²) < 4.78 is 13.6. The molecule has 0 radical (unpaired) electrons. The molecule has 0 saturated carbocycles. The average Bonchev–Trinajstić information content (AvgIpc) is 3.52. The highest BCUT2D eigenvalue weighted by molar-refractivity contribution is 6.04. The number of nitrogens with zero attached hydrogens (tertiary/aromatic N) is 5. The van der Waals surface area contributed by atoms with Gasteiger partial charge in [-0.2, -0.15) is 0 Å². The van der Waals surface area contributed by atoms with Gasteiger partial charge in [-0.05, 0) is 49.6 Å². The minimum atomic E-state index is -1.17. The molecule has 5 aliphatic rings. The van der Waals surface area contributed by atoms with Crippen LogP contribution in [0.25, 0.3) is 10.9 Å². The van der Waals surface area contributed by atoms with Crippen molar-refractivity contribution in [3.8, 4) is 0 Å². The van der Waals surface area contributed by atoms with E-state index in [1.165, 1.54) is 4.90 Å². The Balaban J connectivity index is 1.34. The molecule has 1 saturated heterocycles. The molecule has 0 aliphatic carbocycles. The molecule has 1 spiro atoms. The number of anilines is 1. The van der Waals surface area contributed by atoms with Crippen LogP contribution in [0.15, 0.2) is 88.6 Å². The third-order valence-electron chi connectivity index (χ3n) is 9.49. The Morgan fingerprint density at radius 3 is 2.56 bits per heavy atom. The Morgan fingerprint density at radius 1 is 1.00 bits per heavy atom. The van der Waals surface area contributed by atoms with E-state index in [0.29, 0.717) is 35.7 Å². The van der Waals surface area contributed by atoms with Gasteiger partial charge in [0, 0.05) is 5.69 Å². The number of fused-ring (bicyclic) bond motifs is 4. The van der Waals surface area contributed by atoms with E-state index in [2.05, 4.69) is 0 Å². The van der Waals surface area contributed by atoms with Crippen molar-refractivity contribution in [3.05, 3.63) is 106 Å². The number of carbonyl (C=O) groups is 2. The molecule has 43 heavy (non-hydrogen) atoms. The highest BCUT2D eigenvalue weighted by Gasteiger charge is 2.73. The number of hydrogen-bond donors (Lipinski definition) is 0. The maximum atomic E-state index is 14.0. The molecule has 5 aliphatic heterocycles. The first-order chi connectivity index (χ1) is 20.9. The second-order valence-electron chi connectivity index (χ2n) is 11.6. The smallest absolute Gasteiger partial charge is 0.412 e. The number of aliphatic imine (C=N–C) groups is 1. The maximum Gasteiger partial charge on any atom is 0.412 e. The van der Waals surface area contributed by atoms with E-state index in [0.717, 1.165) is 16.8 Å². The second-order valence-corrected chi connectivity index (χ2v) is 11.6. The summed E-state index contributed by atoms with van der Waals surface area (Å²) in [5, 5.41) is 0.517. The summed E-state index contributed by atoms with van der Waals surface area (Å²) >= 11 is 0. The molecule has 3 aromatic carbocycles. The Labute approximate surface area is 247 Å². The minimum Gasteiger partial charge on any atom is -0.480 e. The fraction of sp³-hybridized carbons (Fsp3) is 0.303. The summed E-state index contributed by atoms with van der Waals surface area (Å²) in [4.78, 5) is 55.1. The summed E-state index contributed by atoms with van der Waals surface area (Å²) in [6.45, 7) is 4.17. The predicted octanol–water partition coefficient (Wildman–Crippen LogP) is 4.27. The zero-order valence-corrected chi connectivity index (χ0v) is 23.8. The molecule has 1 unspecified atom stereocenters. The molecule has 10 nitrogen and oxygen atoms in total. The zero-order chi connectivity index (χ0) is 29.5. The van der Waals surface area contributed by atoms with Crippen LogP contribution in [0.3, 0.4) is 0 Å². The van der Waals surface area contributed by atoms with Crippen LogP contribution in [0.4, 0.5) is 10.5 Å². The van der Waals surface area contributed by atoms with E-state index in [-0.39, 0.29) is 24.6 Å². The van der Waals surface area contributed by atoms with E-state index >= 15 is 0 Å². The number of rotatable bonds is 3. The molecular weight excluding hydrogens is 546 g/mol. The van der Waals surface area contributed by atoms with Gasteiger partial charge in [0.15, 0.2) is 0 Å². The molecule has 6 heterocycles. The number of para-hydroxylation sites is 2. The molecule has 2 amide bonds. The topological polar surface area (TPSA) is 106 Å². The molecule has 10 heteroatoms. The van der Waals surface area contributed by atoms with Crippen molar-refractivity contribution in [2.24, 2.45) is 4.99 Å². The maximum absolute atomic E-state index is 14.0. The Kier molecular flexibility index (Phi) is 5.38. The van der Waals surface area contributed by atoms with Gasteiger partial charge in [0.25, 0.3) is 5.56 Å². The van der Waals surface area contributed by atoms with Gasteiger partial charge in [-0.15, -0.1) is 0 Å². The summed E-state index contributed by atoms with van der Waals surface area (Å²) in [6, 6.07) is 23.9. The van der Waals surface area contributed by atoms with Crippen molar-refractivity contribution in [2.75, 3.05) is 18.1 Å². The van der Waals surface area contributed by atoms with Gasteiger partial charge in [-0.3, -0.25) is 24.0 Å². The second kappa shape index (κ2) is 9.00. The van der Waals surface area contributed by atoms with Crippen LogP contribution in [-0.2, 0) is 31.8 Å². The van der Waals surface area contributed by atoms with Gasteiger partial charge < -0.3 is 9.47 Å². The molecule has 9 rings (SSSR count). The number of benzene rings is 3. The van der Waals surface area contributed by atoms with Gasteiger partial charge in [0.1, 0.15) is 36.7 Å². The van der Waals surface area contributed by atoms with Crippen molar-refractivity contribution in [1.29, 1.82) is 0 Å². The molecule has 216 valence electrons. The first-order valence-electron chi connectivity index (χ1n) is 14.5. The van der Waals surface area contributed by atoms with Crippen LogP contribution in [0, 0.1) is 0 Å². The van der Waals surface area contributed by atoms with Crippen LogP contribution in [0.5, 0.6) is 0 Å². The van der Waals surface area contributed by atoms with Gasteiger partial charge >= 0.3 is 6.09 Å². The van der Waals surface area contributed by atoms with Crippen molar-refractivity contribution in [2.45, 2.75) is 50.0 Å². The molecule has 4 aromatic rings. The van der Waals surface area contributed by atoms with Crippen LogP contribution in [0.2, 0.25) is 0 Å². The Bertz CT molecular complexity index is 1920. The summed E-state index contributed by atoms with van der Waals surface area (Å²) in [6.07, 6.45) is -0.944. The first kappa shape index (κ1) is 25.7. The summed E-state index contributed by atoms with van der Waals surface area (Å²) in [5.41, 5.74) is 0.759. The molecule has 4 atom stereocenters. The monoisotopic (exact) mass is 575 g/mol. The highest BCUT2D eigenvalue weighted by Crippen LogP contribution is 2.65. The van der Waals surface area contributed by atoms with E-state index in [9.17, 15) is 14.4 Å². The molecule has 1 fully saturated rings. The zero-order valence-electron chi connectivity index (χ0n) is 23.8. The molecule has 1 aromatic heterocycles. The van der Waals surface area contributed by atoms with Crippen molar-refractivity contribution in [3.63, 3.8) is 0 Å². The highest BCUT2D eigenvalue weighted by atomic mass is 16.6. The van der Waals surface area contributed by atoms with Crippen LogP contribution in [-0.4, -0.2) is 51.7 Å². The first-order valence-corrected chi connectivity index (χ1v) is 14.5. The molecule has 2 bridgehead atoms. The SMILES string of the molecule is CCOC1=N[C@@]2(C)c3nc4ccccc4c(=O)n3C1C[C@@]21c2ccccc2N2C(=O)CN(C(=O)OCc3ccccc3)[C@@H]21. The number of aromatic nitrogens is 2. The molecule has 0 N–H and O–H groups in total. The molecular formula is C33H29N5O5. The lowest BCUT2D eigenvalue weighted by atomic mass is 9.58. The quantitative estimate of drug-likeness (QED) is 0.361. The standard InChI is InChI=1S/C33H29N5O5/c1-3-42-27-25-17-33(32(2,35-27)29-34-23-15-9-7-13-21(23)28(40)38(25)29)22-14-8-10-16-24(22)37-26(39)18-36(30(33)37)31(41)43-19-20-11-5-4-6-12-20/h4-16,25,30H,3,17-19H2,1-2H3/t25?,30-,32-,33-/m0/s1. The fourth-order valence-electron chi connectivity index (χ4n) is 7.72. The number of hydrogen-bond acceptors (Lipinski definition) is 7. The van der Waals surface area contributed by atoms with Gasteiger partial charge in [-0.1, -0.05) is 60.7 Å². The normalized spacial score (nSPS) is 26.4. The average molecular weight is 576 g/mol. The van der Waals surface area contributed by atoms with E-state index in [1.54, 1.807) is 15.5 Å². The van der Waals surface area contributed by atoms with E-state index in [4.69, 9.17) is 19.5 Å². The number of carbonyl (C=O) groups excluding carboxylic acids is 2. The van der Waals surface area contributed by atoms with Crippen LogP contribution < -0.4 is 10.5 Å².